The summed E-state index contributed by atoms with van der Waals surface area (Å²) in [5.41, 5.74) is 0.112. The second kappa shape index (κ2) is 5.58. The minimum absolute atomic E-state index is 0.112. The molecule has 0 amide bonds. The number of likely N-dealkylation sites (tertiary alicyclic amines) is 1. The van der Waals surface area contributed by atoms with Gasteiger partial charge in [-0.05, 0) is 37.8 Å². The molecule has 0 unspecified atom stereocenters. The van der Waals surface area contributed by atoms with Crippen LogP contribution in [0.3, 0.4) is 0 Å². The smallest absolute Gasteiger partial charge is 0.337 e. The molecule has 1 saturated carbocycles. The number of anilines is 1. The zero-order valence-corrected chi connectivity index (χ0v) is 11.9. The van der Waals surface area contributed by atoms with E-state index in [-0.39, 0.29) is 5.56 Å². The summed E-state index contributed by atoms with van der Waals surface area (Å²) in [5.74, 6) is 0.177. The molecule has 1 atom stereocenters. The Kier molecular flexibility index (Phi) is 3.81. The van der Waals surface area contributed by atoms with Gasteiger partial charge in [-0.25, -0.2) is 9.78 Å². The van der Waals surface area contributed by atoms with E-state index in [1.807, 2.05) is 0 Å². The summed E-state index contributed by atoms with van der Waals surface area (Å²) in [7, 11) is 0. The van der Waals surface area contributed by atoms with Crippen molar-refractivity contribution in [3.8, 4) is 0 Å². The van der Waals surface area contributed by atoms with E-state index in [0.717, 1.165) is 19.1 Å². The highest BCUT2D eigenvalue weighted by atomic mass is 35.5. The van der Waals surface area contributed by atoms with E-state index in [1.165, 1.54) is 38.1 Å². The number of aromatic carboxylic acids is 1. The largest absolute Gasteiger partial charge is 0.478 e. The molecule has 0 spiro atoms. The van der Waals surface area contributed by atoms with Crippen LogP contribution in [0, 0.1) is 5.92 Å². The maximum Gasteiger partial charge on any atom is 0.337 e. The maximum atomic E-state index is 10.8. The maximum absolute atomic E-state index is 10.8. The number of aromatic nitrogens is 1. The third-order valence-corrected chi connectivity index (χ3v) is 4.31. The van der Waals surface area contributed by atoms with Crippen LogP contribution in [0.25, 0.3) is 0 Å². The summed E-state index contributed by atoms with van der Waals surface area (Å²) in [5, 5.41) is 12.5. The van der Waals surface area contributed by atoms with E-state index in [1.54, 1.807) is 0 Å². The van der Waals surface area contributed by atoms with Crippen LogP contribution in [0.1, 0.15) is 29.6 Å². The summed E-state index contributed by atoms with van der Waals surface area (Å²) >= 11 is 6.05. The molecule has 0 radical (unpaired) electrons. The lowest BCUT2D eigenvalue weighted by molar-refractivity contribution is 0.0696. The average Bonchev–Trinajstić information content (AvgIpc) is 3.17. The van der Waals surface area contributed by atoms with Crippen LogP contribution in [0.4, 0.5) is 5.82 Å². The van der Waals surface area contributed by atoms with Crippen LogP contribution in [-0.2, 0) is 0 Å². The molecule has 2 heterocycles. The van der Waals surface area contributed by atoms with Crippen LogP contribution in [0.5, 0.6) is 0 Å². The first-order chi connectivity index (χ1) is 9.63. The number of nitrogens with zero attached hydrogens (tertiary/aromatic N) is 2. The predicted octanol–water partition coefficient (Wildman–Crippen LogP) is 2.33. The number of carboxylic acids is 1. The van der Waals surface area contributed by atoms with Crippen molar-refractivity contribution in [2.45, 2.75) is 25.3 Å². The molecule has 2 fully saturated rings. The average molecular weight is 296 g/mol. The van der Waals surface area contributed by atoms with Crippen molar-refractivity contribution in [2.24, 2.45) is 5.92 Å². The Morgan fingerprint density at radius 3 is 2.95 bits per heavy atom. The number of pyridine rings is 1. The molecule has 3 rings (SSSR count). The highest BCUT2D eigenvalue weighted by Gasteiger charge is 2.34. The van der Waals surface area contributed by atoms with Crippen LogP contribution >= 0.6 is 11.6 Å². The van der Waals surface area contributed by atoms with Gasteiger partial charge in [0.25, 0.3) is 0 Å². The fraction of sp³-hybridized carbons (Fsp3) is 0.571. The first-order valence-corrected chi connectivity index (χ1v) is 7.38. The number of hydrogen-bond donors (Lipinski definition) is 2. The van der Waals surface area contributed by atoms with Crippen LogP contribution in [-0.4, -0.2) is 46.6 Å². The van der Waals surface area contributed by atoms with E-state index >= 15 is 0 Å². The third kappa shape index (κ3) is 3.04. The summed E-state index contributed by atoms with van der Waals surface area (Å²) in [6.07, 6.45) is 5.24. The van der Waals surface area contributed by atoms with Gasteiger partial charge >= 0.3 is 5.97 Å². The van der Waals surface area contributed by atoms with E-state index in [4.69, 9.17) is 16.7 Å². The fourth-order valence-corrected chi connectivity index (χ4v) is 2.96. The number of rotatable bonds is 5. The van der Waals surface area contributed by atoms with E-state index in [0.29, 0.717) is 16.8 Å². The quantitative estimate of drug-likeness (QED) is 0.873. The first kappa shape index (κ1) is 13.6. The number of carboxylic acid groups (broad SMARTS) is 1. The molecule has 1 aromatic rings. The first-order valence-electron chi connectivity index (χ1n) is 7.00. The molecule has 2 aliphatic rings. The molecule has 1 aromatic heterocycles. The van der Waals surface area contributed by atoms with Gasteiger partial charge in [0.15, 0.2) is 0 Å². The minimum Gasteiger partial charge on any atom is -0.478 e. The normalized spacial score (nSPS) is 22.9. The Hall–Kier alpha value is -1.33. The van der Waals surface area contributed by atoms with Gasteiger partial charge in [-0.1, -0.05) is 11.6 Å². The lowest BCUT2D eigenvalue weighted by Crippen LogP contribution is -2.25. The molecule has 1 aliphatic heterocycles. The highest BCUT2D eigenvalue weighted by Crippen LogP contribution is 2.32. The molecule has 20 heavy (non-hydrogen) atoms. The lowest BCUT2D eigenvalue weighted by Gasteiger charge is -2.15. The minimum atomic E-state index is -1.01. The van der Waals surface area contributed by atoms with Gasteiger partial charge in [-0.3, -0.25) is 0 Å². The van der Waals surface area contributed by atoms with Gasteiger partial charge in [0.2, 0.25) is 0 Å². The van der Waals surface area contributed by atoms with E-state index < -0.39 is 5.97 Å². The van der Waals surface area contributed by atoms with Gasteiger partial charge in [0.05, 0.1) is 10.6 Å². The topological polar surface area (TPSA) is 65.5 Å². The number of hydrogen-bond acceptors (Lipinski definition) is 4. The van der Waals surface area contributed by atoms with Crippen LogP contribution in [0.15, 0.2) is 12.3 Å². The van der Waals surface area contributed by atoms with Crippen molar-refractivity contribution in [3.63, 3.8) is 0 Å². The van der Waals surface area contributed by atoms with E-state index in [2.05, 4.69) is 15.2 Å². The number of halogens is 1. The Morgan fingerprint density at radius 2 is 2.30 bits per heavy atom. The third-order valence-electron chi connectivity index (χ3n) is 4.03. The highest BCUT2D eigenvalue weighted by molar-refractivity contribution is 6.33. The Morgan fingerprint density at radius 1 is 1.50 bits per heavy atom. The van der Waals surface area contributed by atoms with Crippen LogP contribution in [0.2, 0.25) is 5.02 Å². The monoisotopic (exact) mass is 295 g/mol. The summed E-state index contributed by atoms with van der Waals surface area (Å²) < 4.78 is 0. The fourth-order valence-electron chi connectivity index (χ4n) is 2.73. The van der Waals surface area contributed by atoms with Crippen molar-refractivity contribution in [1.82, 2.24) is 9.88 Å². The second-order valence-electron chi connectivity index (χ2n) is 5.62. The van der Waals surface area contributed by atoms with Gasteiger partial charge in [-0.2, -0.15) is 0 Å². The van der Waals surface area contributed by atoms with Crippen molar-refractivity contribution in [3.05, 3.63) is 22.8 Å². The molecule has 0 aromatic carbocycles. The van der Waals surface area contributed by atoms with Gasteiger partial charge < -0.3 is 15.3 Å². The summed E-state index contributed by atoms with van der Waals surface area (Å²) in [4.78, 5) is 17.5. The van der Waals surface area contributed by atoms with Crippen molar-refractivity contribution < 1.29 is 9.90 Å². The molecule has 5 nitrogen and oxygen atoms in total. The van der Waals surface area contributed by atoms with Crippen molar-refractivity contribution >= 4 is 23.4 Å². The Labute approximate surface area is 122 Å². The van der Waals surface area contributed by atoms with Crippen LogP contribution < -0.4 is 5.32 Å². The molecular formula is C14H18ClN3O2. The molecule has 6 heteroatoms. The molecule has 108 valence electrons. The van der Waals surface area contributed by atoms with Gasteiger partial charge in [-0.15, -0.1) is 0 Å². The lowest BCUT2D eigenvalue weighted by atomic mass is 10.1. The molecule has 1 aliphatic carbocycles. The SMILES string of the molecule is O=C(O)c1cnc(NC[C@@H]2CCN(C3CC3)C2)c(Cl)c1. The standard InChI is InChI=1S/C14H18ClN3O2/c15-12-5-10(14(19)20)7-17-13(12)16-6-9-3-4-18(8-9)11-1-2-11/h5,7,9,11H,1-4,6,8H2,(H,16,17)(H,19,20)/t9-/m0/s1. The van der Waals surface area contributed by atoms with Gasteiger partial charge in [0, 0.05) is 25.3 Å². The summed E-state index contributed by atoms with van der Waals surface area (Å²) in [6.45, 7) is 3.17. The Balaban J connectivity index is 1.54. The summed E-state index contributed by atoms with van der Waals surface area (Å²) in [6, 6.07) is 2.27. The zero-order valence-electron chi connectivity index (χ0n) is 11.2. The Bertz CT molecular complexity index is 519. The van der Waals surface area contributed by atoms with E-state index in [9.17, 15) is 4.79 Å². The predicted molar refractivity (Wildman–Crippen MR) is 77.4 cm³/mol. The number of carbonyl (C=O) groups is 1. The molecular weight excluding hydrogens is 278 g/mol. The second-order valence-corrected chi connectivity index (χ2v) is 6.03. The molecule has 1 saturated heterocycles. The van der Waals surface area contributed by atoms with Crippen molar-refractivity contribution in [2.75, 3.05) is 25.0 Å². The molecule has 0 bridgehead atoms. The molecule has 2 N–H and O–H groups in total. The van der Waals surface area contributed by atoms with Crippen molar-refractivity contribution in [1.29, 1.82) is 0 Å². The zero-order chi connectivity index (χ0) is 14.1. The number of nitrogens with one attached hydrogen (secondary N) is 1. The van der Waals surface area contributed by atoms with Gasteiger partial charge in [0.1, 0.15) is 5.82 Å².